The van der Waals surface area contributed by atoms with Gasteiger partial charge in [0.15, 0.2) is 5.82 Å². The van der Waals surface area contributed by atoms with Gasteiger partial charge in [0.2, 0.25) is 0 Å². The molecule has 0 saturated heterocycles. The van der Waals surface area contributed by atoms with Gasteiger partial charge in [0, 0.05) is 36.6 Å². The Kier molecular flexibility index (Phi) is 7.23. The fourth-order valence-electron chi connectivity index (χ4n) is 5.55. The molecule has 8 heteroatoms. The van der Waals surface area contributed by atoms with E-state index in [2.05, 4.69) is 68.0 Å². The van der Waals surface area contributed by atoms with E-state index in [4.69, 9.17) is 0 Å². The van der Waals surface area contributed by atoms with Gasteiger partial charge < -0.3 is 4.98 Å². The number of tetrazole rings is 1. The van der Waals surface area contributed by atoms with E-state index >= 15 is 0 Å². The van der Waals surface area contributed by atoms with Crippen LogP contribution in [0.3, 0.4) is 0 Å². The number of aromatic nitrogens is 6. The third-order valence-corrected chi connectivity index (χ3v) is 7.29. The van der Waals surface area contributed by atoms with Crippen molar-refractivity contribution in [2.45, 2.75) is 78.0 Å². The first-order valence-electron chi connectivity index (χ1n) is 13.0. The van der Waals surface area contributed by atoms with Crippen LogP contribution in [0, 0.1) is 12.8 Å². The van der Waals surface area contributed by atoms with Crippen molar-refractivity contribution in [3.63, 3.8) is 0 Å². The molecule has 5 rings (SSSR count). The van der Waals surface area contributed by atoms with Crippen molar-refractivity contribution in [1.82, 2.24) is 35.1 Å². The lowest BCUT2D eigenvalue weighted by Crippen LogP contribution is -2.36. The highest BCUT2D eigenvalue weighted by Gasteiger charge is 2.32. The minimum absolute atomic E-state index is 0.0584. The summed E-state index contributed by atoms with van der Waals surface area (Å²) >= 11 is 0. The standard InChI is InChI=1S/C28H35N7O/c1-19(2)26(27-31-32-33-35(27)24-9-5-4-6-10-24)34(17-21-8-7-13-29-16-21)18-23-15-22-14-20(3)11-12-25(22)30-28(23)36/h7-8,11-16,19,24,26H,4-6,9-10,17-18H2,1-3H3,(H,30,36). The summed E-state index contributed by atoms with van der Waals surface area (Å²) in [6.07, 6.45) is 9.59. The van der Waals surface area contributed by atoms with Crippen molar-refractivity contribution in [1.29, 1.82) is 0 Å². The molecule has 1 atom stereocenters. The number of rotatable bonds is 8. The number of benzene rings is 1. The molecule has 0 amide bonds. The number of H-pyrrole nitrogens is 1. The lowest BCUT2D eigenvalue weighted by molar-refractivity contribution is 0.121. The minimum atomic E-state index is -0.0604. The molecule has 4 aromatic rings. The molecule has 1 saturated carbocycles. The first-order valence-corrected chi connectivity index (χ1v) is 13.0. The second kappa shape index (κ2) is 10.7. The van der Waals surface area contributed by atoms with E-state index < -0.39 is 0 Å². The Bertz CT molecular complexity index is 1360. The van der Waals surface area contributed by atoms with Crippen LogP contribution in [0.2, 0.25) is 0 Å². The van der Waals surface area contributed by atoms with E-state index in [1.165, 1.54) is 24.8 Å². The summed E-state index contributed by atoms with van der Waals surface area (Å²) in [7, 11) is 0. The van der Waals surface area contributed by atoms with E-state index in [0.717, 1.165) is 40.7 Å². The molecule has 3 aromatic heterocycles. The molecule has 1 N–H and O–H groups in total. The number of hydrogen-bond donors (Lipinski definition) is 1. The summed E-state index contributed by atoms with van der Waals surface area (Å²) < 4.78 is 2.06. The summed E-state index contributed by atoms with van der Waals surface area (Å²) in [5, 5.41) is 14.2. The van der Waals surface area contributed by atoms with Crippen molar-refractivity contribution in [2.75, 3.05) is 0 Å². The third-order valence-electron chi connectivity index (χ3n) is 7.29. The predicted octanol–water partition coefficient (Wildman–Crippen LogP) is 5.12. The van der Waals surface area contributed by atoms with Crippen LogP contribution in [-0.4, -0.2) is 35.1 Å². The SMILES string of the molecule is Cc1ccc2[nH]c(=O)c(CN(Cc3cccnc3)C(c3nnnn3C3CCCCC3)C(C)C)cc2c1. The zero-order valence-electron chi connectivity index (χ0n) is 21.4. The van der Waals surface area contributed by atoms with Gasteiger partial charge in [0.25, 0.3) is 5.56 Å². The van der Waals surface area contributed by atoms with Gasteiger partial charge in [-0.1, -0.05) is 50.8 Å². The monoisotopic (exact) mass is 485 g/mol. The first-order chi connectivity index (χ1) is 17.5. The number of nitrogens with one attached hydrogen (secondary N) is 1. The van der Waals surface area contributed by atoms with Gasteiger partial charge in [-0.25, -0.2) is 4.68 Å². The average Bonchev–Trinajstić information content (AvgIpc) is 3.35. The molecule has 1 fully saturated rings. The fourth-order valence-corrected chi connectivity index (χ4v) is 5.55. The first kappa shape index (κ1) is 24.3. The van der Waals surface area contributed by atoms with E-state index in [1.54, 1.807) is 6.20 Å². The molecule has 0 bridgehead atoms. The molecule has 1 unspecified atom stereocenters. The van der Waals surface area contributed by atoms with E-state index in [0.29, 0.717) is 19.1 Å². The predicted molar refractivity (Wildman–Crippen MR) is 140 cm³/mol. The maximum absolute atomic E-state index is 13.2. The van der Waals surface area contributed by atoms with Crippen LogP contribution >= 0.6 is 0 Å². The molecule has 8 nitrogen and oxygen atoms in total. The molecule has 1 aromatic carbocycles. The second-order valence-corrected chi connectivity index (χ2v) is 10.4. The highest BCUT2D eigenvalue weighted by atomic mass is 16.1. The van der Waals surface area contributed by atoms with Crippen LogP contribution in [0.5, 0.6) is 0 Å². The summed E-state index contributed by atoms with van der Waals surface area (Å²) in [6.45, 7) is 7.59. The number of pyridine rings is 2. The molecule has 3 heterocycles. The van der Waals surface area contributed by atoms with E-state index in [9.17, 15) is 4.79 Å². The topological polar surface area (TPSA) is 92.6 Å². The highest BCUT2D eigenvalue weighted by Crippen LogP contribution is 2.34. The Morgan fingerprint density at radius 3 is 2.69 bits per heavy atom. The zero-order chi connectivity index (χ0) is 25.1. The Morgan fingerprint density at radius 1 is 1.11 bits per heavy atom. The summed E-state index contributed by atoms with van der Waals surface area (Å²) in [4.78, 5) is 22.9. The van der Waals surface area contributed by atoms with Gasteiger partial charge in [-0.05, 0) is 71.3 Å². The van der Waals surface area contributed by atoms with Gasteiger partial charge >= 0.3 is 0 Å². The average molecular weight is 486 g/mol. The molecule has 1 aliphatic carbocycles. The van der Waals surface area contributed by atoms with Crippen molar-refractivity contribution in [3.8, 4) is 0 Å². The fraction of sp³-hybridized carbons (Fsp3) is 0.464. The van der Waals surface area contributed by atoms with E-state index in [1.807, 2.05) is 30.5 Å². The van der Waals surface area contributed by atoms with Crippen LogP contribution in [0.15, 0.2) is 53.6 Å². The molecular weight excluding hydrogens is 450 g/mol. The van der Waals surface area contributed by atoms with Gasteiger partial charge in [0.1, 0.15) is 0 Å². The molecule has 1 aliphatic rings. The molecule has 0 aliphatic heterocycles. The number of fused-ring (bicyclic) bond motifs is 1. The van der Waals surface area contributed by atoms with Crippen LogP contribution < -0.4 is 5.56 Å². The Labute approximate surface area is 211 Å². The van der Waals surface area contributed by atoms with Crippen LogP contribution in [0.1, 0.15) is 80.6 Å². The maximum atomic E-state index is 13.2. The smallest absolute Gasteiger partial charge is 0.252 e. The molecule has 36 heavy (non-hydrogen) atoms. The van der Waals surface area contributed by atoms with E-state index in [-0.39, 0.29) is 17.5 Å². The van der Waals surface area contributed by atoms with Crippen LogP contribution in [0.4, 0.5) is 0 Å². The largest absolute Gasteiger partial charge is 0.322 e. The van der Waals surface area contributed by atoms with Crippen molar-refractivity contribution in [2.24, 2.45) is 5.92 Å². The number of hydrogen-bond acceptors (Lipinski definition) is 6. The Morgan fingerprint density at radius 2 is 1.94 bits per heavy atom. The quantitative estimate of drug-likeness (QED) is 0.372. The highest BCUT2D eigenvalue weighted by molar-refractivity contribution is 5.79. The third kappa shape index (κ3) is 5.23. The van der Waals surface area contributed by atoms with Gasteiger partial charge in [0.05, 0.1) is 12.1 Å². The van der Waals surface area contributed by atoms with Gasteiger partial charge in [-0.15, -0.1) is 5.10 Å². The van der Waals surface area contributed by atoms with Crippen molar-refractivity contribution in [3.05, 3.63) is 81.7 Å². The normalized spacial score (nSPS) is 15.7. The van der Waals surface area contributed by atoms with Crippen LogP contribution in [-0.2, 0) is 13.1 Å². The van der Waals surface area contributed by atoms with Crippen molar-refractivity contribution >= 4 is 10.9 Å². The molecular formula is C28H35N7O. The lowest BCUT2D eigenvalue weighted by atomic mass is 9.94. The maximum Gasteiger partial charge on any atom is 0.252 e. The summed E-state index contributed by atoms with van der Waals surface area (Å²) in [6, 6.07) is 12.4. The number of aromatic amines is 1. The van der Waals surface area contributed by atoms with Gasteiger partial charge in [-0.2, -0.15) is 0 Å². The lowest BCUT2D eigenvalue weighted by Gasteiger charge is -2.34. The number of aryl methyl sites for hydroxylation is 1. The van der Waals surface area contributed by atoms with Crippen molar-refractivity contribution < 1.29 is 0 Å². The van der Waals surface area contributed by atoms with Gasteiger partial charge in [-0.3, -0.25) is 14.7 Å². The minimum Gasteiger partial charge on any atom is -0.322 e. The Hall–Kier alpha value is -3.39. The number of nitrogens with zero attached hydrogens (tertiary/aromatic N) is 6. The molecule has 0 radical (unpaired) electrons. The van der Waals surface area contributed by atoms with Crippen LogP contribution in [0.25, 0.3) is 10.9 Å². The molecule has 0 spiro atoms. The zero-order valence-corrected chi connectivity index (χ0v) is 21.4. The summed E-state index contributed by atoms with van der Waals surface area (Å²) in [5.74, 6) is 1.12. The molecule has 188 valence electrons. The summed E-state index contributed by atoms with van der Waals surface area (Å²) in [5.41, 5.74) is 3.79. The second-order valence-electron chi connectivity index (χ2n) is 10.4. The Balaban J connectivity index is 1.55.